The standard InChI is InChI=1S/C47H81NO5/c1-4-7-10-13-16-19-21-22-23-24-25-27-29-32-35-38-43(53-47(52)40-37-34-31-26-18-15-12-9-6-3)41-46(51)48-44(42-49)45(50)39-36-33-30-28-20-17-14-11-8-5-2/h7,10,13,16,19,21-25,27,29,43-45,49-50H,4-6,8-9,11-12,14-15,17-18,20,26,28,30-42H2,1-3H3,(H,48,51)/b10-7-,16-13+,21-19+,23-22-,25-24+,29-27+. The van der Waals surface area contributed by atoms with Gasteiger partial charge in [0, 0.05) is 6.42 Å². The van der Waals surface area contributed by atoms with Crippen molar-refractivity contribution in [2.75, 3.05) is 6.61 Å². The number of unbranched alkanes of at least 4 members (excludes halogenated alkanes) is 18. The minimum absolute atomic E-state index is 0.0248. The summed E-state index contributed by atoms with van der Waals surface area (Å²) in [6.07, 6.45) is 49.6. The number of amides is 1. The Kier molecular flexibility index (Phi) is 38.4. The van der Waals surface area contributed by atoms with Crippen LogP contribution in [0.2, 0.25) is 0 Å². The molecule has 304 valence electrons. The third kappa shape index (κ3) is 36.1. The highest BCUT2D eigenvalue weighted by Gasteiger charge is 2.23. The van der Waals surface area contributed by atoms with E-state index in [0.717, 1.165) is 57.8 Å². The number of aliphatic hydroxyl groups is 2. The maximum Gasteiger partial charge on any atom is 0.306 e. The average molecular weight is 740 g/mol. The molecule has 53 heavy (non-hydrogen) atoms. The SMILES string of the molecule is CC\C=C/C=C/C=C/C=C\C=C\C=C\CCCC(CC(=O)NC(CO)C(O)CCCCCCCCCCCC)OC(=O)CCCCCCCCCCC. The summed E-state index contributed by atoms with van der Waals surface area (Å²) in [4.78, 5) is 25.9. The summed E-state index contributed by atoms with van der Waals surface area (Å²) < 4.78 is 5.84. The van der Waals surface area contributed by atoms with E-state index in [1.54, 1.807) is 0 Å². The lowest BCUT2D eigenvalue weighted by Gasteiger charge is -2.24. The number of nitrogens with one attached hydrogen (secondary N) is 1. The number of hydrogen-bond donors (Lipinski definition) is 3. The van der Waals surface area contributed by atoms with E-state index in [0.29, 0.717) is 19.3 Å². The molecule has 0 aromatic heterocycles. The highest BCUT2D eigenvalue weighted by Crippen LogP contribution is 2.16. The second-order valence-corrected chi connectivity index (χ2v) is 14.5. The first kappa shape index (κ1) is 50.3. The van der Waals surface area contributed by atoms with Crippen molar-refractivity contribution in [3.8, 4) is 0 Å². The fraction of sp³-hybridized carbons (Fsp3) is 0.702. The van der Waals surface area contributed by atoms with Crippen LogP contribution in [0.15, 0.2) is 72.9 Å². The third-order valence-corrected chi connectivity index (χ3v) is 9.46. The van der Waals surface area contributed by atoms with Gasteiger partial charge >= 0.3 is 5.97 Å². The van der Waals surface area contributed by atoms with Crippen LogP contribution in [0.25, 0.3) is 0 Å². The van der Waals surface area contributed by atoms with Gasteiger partial charge in [0.1, 0.15) is 6.10 Å². The molecule has 0 bridgehead atoms. The number of carbonyl (C=O) groups excluding carboxylic acids is 2. The lowest BCUT2D eigenvalue weighted by molar-refractivity contribution is -0.151. The zero-order valence-corrected chi connectivity index (χ0v) is 34.4. The maximum absolute atomic E-state index is 13.1. The van der Waals surface area contributed by atoms with Crippen molar-refractivity contribution in [1.29, 1.82) is 0 Å². The van der Waals surface area contributed by atoms with E-state index < -0.39 is 18.2 Å². The van der Waals surface area contributed by atoms with Gasteiger partial charge in [-0.3, -0.25) is 9.59 Å². The van der Waals surface area contributed by atoms with Crippen molar-refractivity contribution < 1.29 is 24.5 Å². The molecule has 0 fully saturated rings. The first-order valence-electron chi connectivity index (χ1n) is 21.7. The molecule has 3 unspecified atom stereocenters. The Bertz CT molecular complexity index is 1010. The van der Waals surface area contributed by atoms with Gasteiger partial charge in [-0.2, -0.15) is 0 Å². The number of rotatable bonds is 37. The molecular formula is C47H81NO5. The number of hydrogen-bond acceptors (Lipinski definition) is 5. The first-order valence-corrected chi connectivity index (χ1v) is 21.7. The molecule has 3 N–H and O–H groups in total. The smallest absolute Gasteiger partial charge is 0.306 e. The molecule has 0 radical (unpaired) electrons. The molecule has 0 aliphatic heterocycles. The van der Waals surface area contributed by atoms with E-state index in [1.807, 2.05) is 60.8 Å². The number of allylic oxidation sites excluding steroid dienone is 12. The number of carbonyl (C=O) groups is 2. The predicted octanol–water partition coefficient (Wildman–Crippen LogP) is 12.3. The number of ether oxygens (including phenoxy) is 1. The molecule has 0 saturated heterocycles. The Balaban J connectivity index is 4.79. The van der Waals surface area contributed by atoms with Crippen LogP contribution >= 0.6 is 0 Å². The van der Waals surface area contributed by atoms with Gasteiger partial charge in [0.15, 0.2) is 0 Å². The third-order valence-electron chi connectivity index (χ3n) is 9.46. The Hall–Kier alpha value is -2.70. The minimum Gasteiger partial charge on any atom is -0.462 e. The fourth-order valence-electron chi connectivity index (χ4n) is 6.17. The molecular weight excluding hydrogens is 659 g/mol. The molecule has 0 spiro atoms. The lowest BCUT2D eigenvalue weighted by atomic mass is 10.0. The molecule has 0 rings (SSSR count). The van der Waals surface area contributed by atoms with Crippen molar-refractivity contribution in [3.63, 3.8) is 0 Å². The van der Waals surface area contributed by atoms with Crippen LogP contribution in [-0.4, -0.2) is 46.9 Å². The van der Waals surface area contributed by atoms with E-state index >= 15 is 0 Å². The zero-order chi connectivity index (χ0) is 38.9. The molecule has 0 heterocycles. The van der Waals surface area contributed by atoms with Gasteiger partial charge in [0.25, 0.3) is 0 Å². The largest absolute Gasteiger partial charge is 0.462 e. The molecule has 6 nitrogen and oxygen atoms in total. The number of esters is 1. The summed E-state index contributed by atoms with van der Waals surface area (Å²) >= 11 is 0. The predicted molar refractivity (Wildman–Crippen MR) is 227 cm³/mol. The monoisotopic (exact) mass is 740 g/mol. The summed E-state index contributed by atoms with van der Waals surface area (Å²) in [5.74, 6) is -0.558. The average Bonchev–Trinajstić information content (AvgIpc) is 3.15. The van der Waals surface area contributed by atoms with E-state index in [1.165, 1.54) is 83.5 Å². The summed E-state index contributed by atoms with van der Waals surface area (Å²) in [6, 6.07) is -0.724. The normalized spacial score (nSPS) is 14.1. The van der Waals surface area contributed by atoms with Crippen LogP contribution in [0.3, 0.4) is 0 Å². The molecule has 0 aromatic carbocycles. The van der Waals surface area contributed by atoms with Gasteiger partial charge in [0.2, 0.25) is 5.91 Å². The van der Waals surface area contributed by atoms with Crippen LogP contribution in [-0.2, 0) is 14.3 Å². The summed E-state index contributed by atoms with van der Waals surface area (Å²) in [7, 11) is 0. The molecule has 3 atom stereocenters. The van der Waals surface area contributed by atoms with Crippen molar-refractivity contribution in [2.45, 2.75) is 206 Å². The Labute approximate surface area is 326 Å². The second kappa shape index (κ2) is 40.5. The van der Waals surface area contributed by atoms with Crippen LogP contribution in [0, 0.1) is 0 Å². The van der Waals surface area contributed by atoms with Crippen molar-refractivity contribution in [3.05, 3.63) is 72.9 Å². The first-order chi connectivity index (χ1) is 26.0. The zero-order valence-electron chi connectivity index (χ0n) is 34.4. The van der Waals surface area contributed by atoms with Gasteiger partial charge in [-0.25, -0.2) is 0 Å². The topological polar surface area (TPSA) is 95.9 Å². The lowest BCUT2D eigenvalue weighted by Crippen LogP contribution is -2.46. The van der Waals surface area contributed by atoms with Crippen molar-refractivity contribution >= 4 is 11.9 Å². The Morgan fingerprint density at radius 2 is 1.02 bits per heavy atom. The number of aliphatic hydroxyl groups excluding tert-OH is 2. The highest BCUT2D eigenvalue weighted by molar-refractivity contribution is 5.77. The Morgan fingerprint density at radius 3 is 1.51 bits per heavy atom. The molecule has 0 aliphatic rings. The molecule has 0 aromatic rings. The van der Waals surface area contributed by atoms with E-state index in [4.69, 9.17) is 4.74 Å². The van der Waals surface area contributed by atoms with E-state index in [-0.39, 0.29) is 24.9 Å². The van der Waals surface area contributed by atoms with Crippen LogP contribution in [0.1, 0.15) is 188 Å². The molecule has 0 aliphatic carbocycles. The van der Waals surface area contributed by atoms with Gasteiger partial charge < -0.3 is 20.3 Å². The molecule has 1 amide bonds. The quantitative estimate of drug-likeness (QED) is 0.0335. The van der Waals surface area contributed by atoms with Crippen LogP contribution in [0.4, 0.5) is 0 Å². The highest BCUT2D eigenvalue weighted by atomic mass is 16.5. The van der Waals surface area contributed by atoms with Crippen LogP contribution in [0.5, 0.6) is 0 Å². The van der Waals surface area contributed by atoms with E-state index in [2.05, 4.69) is 38.2 Å². The maximum atomic E-state index is 13.1. The van der Waals surface area contributed by atoms with Crippen molar-refractivity contribution in [1.82, 2.24) is 5.32 Å². The summed E-state index contributed by atoms with van der Waals surface area (Å²) in [5.41, 5.74) is 0. The molecule has 6 heteroatoms. The van der Waals surface area contributed by atoms with Gasteiger partial charge in [-0.15, -0.1) is 0 Å². The van der Waals surface area contributed by atoms with Crippen molar-refractivity contribution in [2.24, 2.45) is 0 Å². The van der Waals surface area contributed by atoms with Crippen LogP contribution < -0.4 is 5.32 Å². The minimum atomic E-state index is -0.806. The van der Waals surface area contributed by atoms with E-state index in [9.17, 15) is 19.8 Å². The van der Waals surface area contributed by atoms with Gasteiger partial charge in [-0.05, 0) is 38.5 Å². The van der Waals surface area contributed by atoms with Gasteiger partial charge in [0.05, 0.1) is 25.2 Å². The van der Waals surface area contributed by atoms with Gasteiger partial charge in [-0.1, -0.05) is 209 Å². The summed E-state index contributed by atoms with van der Waals surface area (Å²) in [6.45, 7) is 6.26. The Morgan fingerprint density at radius 1 is 0.566 bits per heavy atom. The fourth-order valence-corrected chi connectivity index (χ4v) is 6.17. The summed E-state index contributed by atoms with van der Waals surface area (Å²) in [5, 5.41) is 23.5. The molecule has 0 saturated carbocycles. The second-order valence-electron chi connectivity index (χ2n) is 14.5.